The van der Waals surface area contributed by atoms with E-state index in [9.17, 15) is 9.18 Å². The number of carbonyl (C=O) groups is 1. The molecule has 0 spiro atoms. The Morgan fingerprint density at radius 3 is 2.41 bits per heavy atom. The Morgan fingerprint density at radius 2 is 1.82 bits per heavy atom. The smallest absolute Gasteiger partial charge is 0.196 e. The molecule has 0 aliphatic rings. The largest absolute Gasteiger partial charge is 0.288 e. The van der Waals surface area contributed by atoms with Crippen LogP contribution in [0.5, 0.6) is 0 Å². The van der Waals surface area contributed by atoms with Crippen LogP contribution >= 0.6 is 31.9 Å². The molecule has 0 saturated carbocycles. The molecule has 0 saturated heterocycles. The molecule has 0 radical (unpaired) electrons. The zero-order chi connectivity index (χ0) is 12.4. The summed E-state index contributed by atoms with van der Waals surface area (Å²) in [6, 6.07) is 6.46. The van der Waals surface area contributed by atoms with Crippen LogP contribution in [0.25, 0.3) is 0 Å². The molecular weight excluding hydrogens is 353 g/mol. The molecule has 1 aromatic heterocycles. The Balaban J connectivity index is 2.48. The van der Waals surface area contributed by atoms with E-state index in [1.165, 1.54) is 12.3 Å². The molecule has 0 fully saturated rings. The van der Waals surface area contributed by atoms with E-state index in [2.05, 4.69) is 36.8 Å². The van der Waals surface area contributed by atoms with Crippen LogP contribution in [0.15, 0.2) is 45.6 Å². The number of halogens is 3. The van der Waals surface area contributed by atoms with Gasteiger partial charge < -0.3 is 0 Å². The minimum atomic E-state index is -0.617. The molecule has 0 bridgehead atoms. The maximum Gasteiger partial charge on any atom is 0.196 e. The van der Waals surface area contributed by atoms with Gasteiger partial charge >= 0.3 is 0 Å². The summed E-state index contributed by atoms with van der Waals surface area (Å²) in [6.07, 6.45) is 2.42. The van der Waals surface area contributed by atoms with Crippen molar-refractivity contribution in [2.45, 2.75) is 0 Å². The third-order valence-corrected chi connectivity index (χ3v) is 3.06. The van der Waals surface area contributed by atoms with Gasteiger partial charge in [-0.2, -0.15) is 0 Å². The van der Waals surface area contributed by atoms with E-state index in [0.29, 0.717) is 5.56 Å². The third-order valence-electron chi connectivity index (χ3n) is 2.14. The average molecular weight is 359 g/mol. The highest BCUT2D eigenvalue weighted by Crippen LogP contribution is 2.22. The Hall–Kier alpha value is -1.07. The molecule has 0 aliphatic carbocycles. The highest BCUT2D eigenvalue weighted by atomic mass is 79.9. The highest BCUT2D eigenvalue weighted by molar-refractivity contribution is 9.11. The van der Waals surface area contributed by atoms with E-state index < -0.39 is 5.82 Å². The normalized spacial score (nSPS) is 10.3. The number of hydrogen-bond donors (Lipinski definition) is 0. The van der Waals surface area contributed by atoms with E-state index in [1.807, 2.05) is 0 Å². The molecule has 0 N–H and O–H groups in total. The third kappa shape index (κ3) is 2.79. The van der Waals surface area contributed by atoms with Crippen molar-refractivity contribution in [1.29, 1.82) is 0 Å². The SMILES string of the molecule is O=C(c1cc(Br)cc(Br)c1)c1ccncc1F. The van der Waals surface area contributed by atoms with Crippen molar-refractivity contribution in [2.24, 2.45) is 0 Å². The second kappa shape index (κ2) is 5.06. The number of benzene rings is 1. The second-order valence-corrected chi connectivity index (χ2v) is 5.17. The molecule has 0 unspecified atom stereocenters. The maximum atomic E-state index is 13.4. The first kappa shape index (κ1) is 12.4. The van der Waals surface area contributed by atoms with Crippen LogP contribution in [0.1, 0.15) is 15.9 Å². The van der Waals surface area contributed by atoms with Crippen molar-refractivity contribution in [3.05, 3.63) is 62.5 Å². The van der Waals surface area contributed by atoms with E-state index in [0.717, 1.165) is 15.1 Å². The average Bonchev–Trinajstić information content (AvgIpc) is 2.27. The highest BCUT2D eigenvalue weighted by Gasteiger charge is 2.14. The molecule has 0 amide bonds. The van der Waals surface area contributed by atoms with E-state index in [4.69, 9.17) is 0 Å². The quantitative estimate of drug-likeness (QED) is 0.760. The van der Waals surface area contributed by atoms with Gasteiger partial charge in [-0.1, -0.05) is 31.9 Å². The van der Waals surface area contributed by atoms with Crippen molar-refractivity contribution in [2.75, 3.05) is 0 Å². The Bertz CT molecular complexity index is 566. The summed E-state index contributed by atoms with van der Waals surface area (Å²) in [5, 5.41) is 0. The fraction of sp³-hybridized carbons (Fsp3) is 0. The number of rotatable bonds is 2. The fourth-order valence-corrected chi connectivity index (χ4v) is 2.69. The van der Waals surface area contributed by atoms with E-state index in [-0.39, 0.29) is 11.3 Å². The summed E-state index contributed by atoms with van der Waals surface area (Å²) in [5.74, 6) is -0.986. The van der Waals surface area contributed by atoms with Crippen LogP contribution < -0.4 is 0 Å². The zero-order valence-corrected chi connectivity index (χ0v) is 11.6. The predicted octanol–water partition coefficient (Wildman–Crippen LogP) is 3.98. The van der Waals surface area contributed by atoms with Crippen molar-refractivity contribution in [3.63, 3.8) is 0 Å². The van der Waals surface area contributed by atoms with Crippen molar-refractivity contribution >= 4 is 37.6 Å². The minimum Gasteiger partial charge on any atom is -0.288 e. The van der Waals surface area contributed by atoms with Gasteiger partial charge in [-0.3, -0.25) is 9.78 Å². The van der Waals surface area contributed by atoms with Gasteiger partial charge in [-0.15, -0.1) is 0 Å². The van der Waals surface area contributed by atoms with Gasteiger partial charge in [0.2, 0.25) is 0 Å². The molecule has 2 nitrogen and oxygen atoms in total. The van der Waals surface area contributed by atoms with Gasteiger partial charge in [0, 0.05) is 20.7 Å². The van der Waals surface area contributed by atoms with Crippen LogP contribution in [0.4, 0.5) is 4.39 Å². The second-order valence-electron chi connectivity index (χ2n) is 3.34. The van der Waals surface area contributed by atoms with Crippen molar-refractivity contribution in [1.82, 2.24) is 4.98 Å². The number of ketones is 1. The number of pyridine rings is 1. The molecule has 2 rings (SSSR count). The van der Waals surface area contributed by atoms with Crippen LogP contribution in [0.3, 0.4) is 0 Å². The number of aromatic nitrogens is 1. The van der Waals surface area contributed by atoms with Crippen LogP contribution in [-0.4, -0.2) is 10.8 Å². The number of nitrogens with zero attached hydrogens (tertiary/aromatic N) is 1. The molecule has 0 atom stereocenters. The van der Waals surface area contributed by atoms with Crippen molar-refractivity contribution in [3.8, 4) is 0 Å². The lowest BCUT2D eigenvalue weighted by Crippen LogP contribution is -2.04. The summed E-state index contributed by atoms with van der Waals surface area (Å²) < 4.78 is 14.9. The van der Waals surface area contributed by atoms with E-state index in [1.54, 1.807) is 18.2 Å². The van der Waals surface area contributed by atoms with E-state index >= 15 is 0 Å². The molecular formula is C12H6Br2FNO. The van der Waals surface area contributed by atoms with Gasteiger partial charge in [0.25, 0.3) is 0 Å². The first-order chi connectivity index (χ1) is 8.08. The molecule has 86 valence electrons. The summed E-state index contributed by atoms with van der Waals surface area (Å²) in [5.41, 5.74) is 0.432. The number of hydrogen-bond acceptors (Lipinski definition) is 2. The summed E-state index contributed by atoms with van der Waals surface area (Å²) in [7, 11) is 0. The zero-order valence-electron chi connectivity index (χ0n) is 8.45. The Labute approximate surface area is 114 Å². The number of carbonyl (C=O) groups excluding carboxylic acids is 1. The molecule has 1 heterocycles. The molecule has 17 heavy (non-hydrogen) atoms. The minimum absolute atomic E-state index is 0.0185. The first-order valence-corrected chi connectivity index (χ1v) is 6.27. The lowest BCUT2D eigenvalue weighted by molar-refractivity contribution is 0.103. The van der Waals surface area contributed by atoms with Crippen molar-refractivity contribution < 1.29 is 9.18 Å². The Kier molecular flexibility index (Phi) is 3.69. The maximum absolute atomic E-state index is 13.4. The van der Waals surface area contributed by atoms with Gasteiger partial charge in [0.15, 0.2) is 11.6 Å². The summed E-state index contributed by atoms with van der Waals surface area (Å²) in [4.78, 5) is 15.7. The summed E-state index contributed by atoms with van der Waals surface area (Å²) in [6.45, 7) is 0. The monoisotopic (exact) mass is 357 g/mol. The lowest BCUT2D eigenvalue weighted by atomic mass is 10.0. The molecule has 1 aromatic carbocycles. The molecule has 0 aliphatic heterocycles. The molecule has 2 aromatic rings. The van der Waals surface area contributed by atoms with Gasteiger partial charge in [0.1, 0.15) is 0 Å². The van der Waals surface area contributed by atoms with Crippen LogP contribution in [0.2, 0.25) is 0 Å². The first-order valence-electron chi connectivity index (χ1n) is 4.68. The summed E-state index contributed by atoms with van der Waals surface area (Å²) >= 11 is 6.57. The van der Waals surface area contributed by atoms with Crippen LogP contribution in [-0.2, 0) is 0 Å². The van der Waals surface area contributed by atoms with Gasteiger partial charge in [-0.25, -0.2) is 4.39 Å². The fourth-order valence-electron chi connectivity index (χ4n) is 1.40. The van der Waals surface area contributed by atoms with Gasteiger partial charge in [-0.05, 0) is 24.3 Å². The molecule has 5 heteroatoms. The van der Waals surface area contributed by atoms with Crippen LogP contribution in [0, 0.1) is 5.82 Å². The standard InChI is InChI=1S/C12H6Br2FNO/c13-8-3-7(4-9(14)5-8)12(17)10-1-2-16-6-11(10)15/h1-6H. The topological polar surface area (TPSA) is 30.0 Å². The predicted molar refractivity (Wildman–Crippen MR) is 69.5 cm³/mol. The lowest BCUT2D eigenvalue weighted by Gasteiger charge is -2.03. The Morgan fingerprint density at radius 1 is 1.18 bits per heavy atom. The van der Waals surface area contributed by atoms with Gasteiger partial charge in [0.05, 0.1) is 11.8 Å².